The van der Waals surface area contributed by atoms with Crippen LogP contribution in [0.3, 0.4) is 0 Å². The Morgan fingerprint density at radius 1 is 0.722 bits per heavy atom. The molecule has 0 aliphatic carbocycles. The SMILES string of the molecule is CCCCCCCCCNCCCCC(F)(F)F. The van der Waals surface area contributed by atoms with Crippen LogP contribution in [-0.4, -0.2) is 19.3 Å². The number of hydrogen-bond donors (Lipinski definition) is 1. The molecule has 0 atom stereocenters. The highest BCUT2D eigenvalue weighted by atomic mass is 19.4. The molecule has 4 heteroatoms. The predicted octanol–water partition coefficient (Wildman–Crippen LogP) is 5.06. The molecule has 0 saturated heterocycles. The first-order valence-electron chi connectivity index (χ1n) is 7.33. The van der Waals surface area contributed by atoms with Crippen molar-refractivity contribution in [2.24, 2.45) is 0 Å². The van der Waals surface area contributed by atoms with Gasteiger partial charge in [-0.1, -0.05) is 45.4 Å². The van der Waals surface area contributed by atoms with E-state index in [0.29, 0.717) is 13.0 Å². The summed E-state index contributed by atoms with van der Waals surface area (Å²) in [6, 6.07) is 0. The molecule has 0 amide bonds. The van der Waals surface area contributed by atoms with Gasteiger partial charge in [0.2, 0.25) is 0 Å². The van der Waals surface area contributed by atoms with Crippen molar-refractivity contribution in [1.29, 1.82) is 0 Å². The van der Waals surface area contributed by atoms with Gasteiger partial charge in [-0.05, 0) is 32.4 Å². The average molecular weight is 267 g/mol. The summed E-state index contributed by atoms with van der Waals surface area (Å²) in [5.74, 6) is 0. The molecule has 0 radical (unpaired) electrons. The van der Waals surface area contributed by atoms with Gasteiger partial charge in [-0.15, -0.1) is 0 Å². The summed E-state index contributed by atoms with van der Waals surface area (Å²) < 4.78 is 35.5. The van der Waals surface area contributed by atoms with Crippen LogP contribution in [0, 0.1) is 0 Å². The van der Waals surface area contributed by atoms with Crippen molar-refractivity contribution in [2.45, 2.75) is 77.3 Å². The number of unbranched alkanes of at least 4 members (excludes halogenated alkanes) is 7. The molecule has 0 heterocycles. The molecule has 18 heavy (non-hydrogen) atoms. The average Bonchev–Trinajstić information content (AvgIpc) is 2.29. The predicted molar refractivity (Wildman–Crippen MR) is 70.8 cm³/mol. The minimum Gasteiger partial charge on any atom is -0.317 e. The van der Waals surface area contributed by atoms with E-state index in [2.05, 4.69) is 12.2 Å². The molecule has 0 bridgehead atoms. The Kier molecular flexibility index (Phi) is 11.7. The lowest BCUT2D eigenvalue weighted by Crippen LogP contribution is -2.17. The van der Waals surface area contributed by atoms with Crippen LogP contribution < -0.4 is 5.32 Å². The molecule has 0 fully saturated rings. The maximum Gasteiger partial charge on any atom is 0.389 e. The summed E-state index contributed by atoms with van der Waals surface area (Å²) in [4.78, 5) is 0. The van der Waals surface area contributed by atoms with E-state index >= 15 is 0 Å². The molecule has 0 saturated carbocycles. The van der Waals surface area contributed by atoms with Crippen LogP contribution in [-0.2, 0) is 0 Å². The van der Waals surface area contributed by atoms with Gasteiger partial charge < -0.3 is 5.32 Å². The number of rotatable bonds is 12. The van der Waals surface area contributed by atoms with Crippen molar-refractivity contribution < 1.29 is 13.2 Å². The lowest BCUT2D eigenvalue weighted by molar-refractivity contribution is -0.135. The third-order valence-electron chi connectivity index (χ3n) is 3.02. The quantitative estimate of drug-likeness (QED) is 0.487. The van der Waals surface area contributed by atoms with Gasteiger partial charge in [0.1, 0.15) is 0 Å². The van der Waals surface area contributed by atoms with E-state index in [4.69, 9.17) is 0 Å². The molecule has 0 aromatic heterocycles. The summed E-state index contributed by atoms with van der Waals surface area (Å²) in [7, 11) is 0. The van der Waals surface area contributed by atoms with Gasteiger partial charge >= 0.3 is 6.18 Å². The Morgan fingerprint density at radius 2 is 1.22 bits per heavy atom. The van der Waals surface area contributed by atoms with Crippen molar-refractivity contribution in [3.05, 3.63) is 0 Å². The Morgan fingerprint density at radius 3 is 1.78 bits per heavy atom. The lowest BCUT2D eigenvalue weighted by Gasteiger charge is -2.07. The van der Waals surface area contributed by atoms with Gasteiger partial charge in [-0.2, -0.15) is 13.2 Å². The molecule has 0 aromatic carbocycles. The Labute approximate surface area is 110 Å². The van der Waals surface area contributed by atoms with Gasteiger partial charge in [0, 0.05) is 6.42 Å². The first-order valence-corrected chi connectivity index (χ1v) is 7.33. The zero-order valence-electron chi connectivity index (χ0n) is 11.6. The van der Waals surface area contributed by atoms with Crippen LogP contribution in [0.4, 0.5) is 13.2 Å². The van der Waals surface area contributed by atoms with Gasteiger partial charge in [-0.3, -0.25) is 0 Å². The third-order valence-corrected chi connectivity index (χ3v) is 3.02. The highest BCUT2D eigenvalue weighted by Gasteiger charge is 2.25. The molecule has 0 aromatic rings. The molecule has 1 N–H and O–H groups in total. The second-order valence-electron chi connectivity index (χ2n) is 4.94. The Bertz CT molecular complexity index is 169. The summed E-state index contributed by atoms with van der Waals surface area (Å²) in [5, 5.41) is 3.21. The molecule has 110 valence electrons. The normalized spacial score (nSPS) is 12.0. The molecule has 0 spiro atoms. The first kappa shape index (κ1) is 17.8. The molecule has 1 nitrogen and oxygen atoms in total. The number of halogens is 3. The summed E-state index contributed by atoms with van der Waals surface area (Å²) in [5.41, 5.74) is 0. The zero-order valence-corrected chi connectivity index (χ0v) is 11.6. The molecule has 0 unspecified atom stereocenters. The third kappa shape index (κ3) is 15.8. The van der Waals surface area contributed by atoms with E-state index in [1.807, 2.05) is 0 Å². The largest absolute Gasteiger partial charge is 0.389 e. The molecule has 0 rings (SSSR count). The molecular formula is C14H28F3N. The maximum absolute atomic E-state index is 11.8. The Hall–Kier alpha value is -0.250. The van der Waals surface area contributed by atoms with Crippen molar-refractivity contribution in [2.75, 3.05) is 13.1 Å². The van der Waals surface area contributed by atoms with Crippen molar-refractivity contribution >= 4 is 0 Å². The molecule has 0 aliphatic rings. The van der Waals surface area contributed by atoms with Gasteiger partial charge in [0.25, 0.3) is 0 Å². The van der Waals surface area contributed by atoms with Crippen LogP contribution in [0.5, 0.6) is 0 Å². The fourth-order valence-corrected chi connectivity index (χ4v) is 1.91. The second kappa shape index (κ2) is 11.8. The highest BCUT2D eigenvalue weighted by Crippen LogP contribution is 2.21. The van der Waals surface area contributed by atoms with E-state index < -0.39 is 12.6 Å². The Balaban J connectivity index is 2.99. The zero-order chi connectivity index (χ0) is 13.7. The van der Waals surface area contributed by atoms with Crippen LogP contribution in [0.15, 0.2) is 0 Å². The van der Waals surface area contributed by atoms with E-state index in [1.54, 1.807) is 0 Å². The van der Waals surface area contributed by atoms with Gasteiger partial charge in [0.15, 0.2) is 0 Å². The van der Waals surface area contributed by atoms with Crippen LogP contribution >= 0.6 is 0 Å². The monoisotopic (exact) mass is 267 g/mol. The van der Waals surface area contributed by atoms with Crippen LogP contribution in [0.1, 0.15) is 71.1 Å². The highest BCUT2D eigenvalue weighted by molar-refractivity contribution is 4.54. The van der Waals surface area contributed by atoms with Crippen molar-refractivity contribution in [3.8, 4) is 0 Å². The fourth-order valence-electron chi connectivity index (χ4n) is 1.91. The molecule has 0 aliphatic heterocycles. The topological polar surface area (TPSA) is 12.0 Å². The second-order valence-corrected chi connectivity index (χ2v) is 4.94. The maximum atomic E-state index is 11.8. The minimum absolute atomic E-state index is 0.244. The van der Waals surface area contributed by atoms with E-state index in [9.17, 15) is 13.2 Å². The summed E-state index contributed by atoms with van der Waals surface area (Å²) in [6.07, 6.45) is 5.16. The number of alkyl halides is 3. The lowest BCUT2D eigenvalue weighted by atomic mass is 10.1. The summed E-state index contributed by atoms with van der Waals surface area (Å²) >= 11 is 0. The first-order chi connectivity index (χ1) is 8.56. The minimum atomic E-state index is -3.99. The fraction of sp³-hybridized carbons (Fsp3) is 1.00. The number of hydrogen-bond acceptors (Lipinski definition) is 1. The molecular weight excluding hydrogens is 239 g/mol. The van der Waals surface area contributed by atoms with E-state index in [0.717, 1.165) is 13.0 Å². The van der Waals surface area contributed by atoms with Crippen LogP contribution in [0.2, 0.25) is 0 Å². The van der Waals surface area contributed by atoms with Gasteiger partial charge in [0.05, 0.1) is 0 Å². The summed E-state index contributed by atoms with van der Waals surface area (Å²) in [6.45, 7) is 3.87. The van der Waals surface area contributed by atoms with E-state index in [1.165, 1.54) is 38.5 Å². The van der Waals surface area contributed by atoms with Crippen LogP contribution in [0.25, 0.3) is 0 Å². The van der Waals surface area contributed by atoms with Gasteiger partial charge in [-0.25, -0.2) is 0 Å². The van der Waals surface area contributed by atoms with E-state index in [-0.39, 0.29) is 6.42 Å². The number of nitrogens with one attached hydrogen (secondary N) is 1. The smallest absolute Gasteiger partial charge is 0.317 e. The van der Waals surface area contributed by atoms with Crippen molar-refractivity contribution in [1.82, 2.24) is 5.32 Å². The standard InChI is InChI=1S/C14H28F3N/c1-2-3-4-5-6-7-9-12-18-13-10-8-11-14(15,16)17/h18H,2-13H2,1H3. The van der Waals surface area contributed by atoms with Crippen molar-refractivity contribution in [3.63, 3.8) is 0 Å².